The number of aromatic nitrogens is 3. The summed E-state index contributed by atoms with van der Waals surface area (Å²) in [7, 11) is 1.28. The molecule has 3 aliphatic rings. The molecule has 14 heteroatoms. The van der Waals surface area contributed by atoms with E-state index >= 15 is 0 Å². The Morgan fingerprint density at radius 2 is 2.14 bits per heavy atom. The van der Waals surface area contributed by atoms with Gasteiger partial charge in [-0.1, -0.05) is 9.84 Å². The molecule has 2 aromatic rings. The number of nitrogens with one attached hydrogen (secondary N) is 1. The van der Waals surface area contributed by atoms with Crippen LogP contribution in [0.25, 0.3) is 0 Å². The second-order valence-corrected chi connectivity index (χ2v) is 10.5. The maximum atomic E-state index is 13.0. The van der Waals surface area contributed by atoms with Gasteiger partial charge in [0.1, 0.15) is 24.2 Å². The summed E-state index contributed by atoms with van der Waals surface area (Å²) in [5.74, 6) is -2.32. The van der Waals surface area contributed by atoms with E-state index in [2.05, 4.69) is 20.6 Å². The van der Waals surface area contributed by atoms with Crippen molar-refractivity contribution in [3.63, 3.8) is 0 Å². The highest BCUT2D eigenvalue weighted by molar-refractivity contribution is 8.00. The van der Waals surface area contributed by atoms with Gasteiger partial charge < -0.3 is 25.8 Å². The fourth-order valence-electron chi connectivity index (χ4n) is 4.58. The Labute approximate surface area is 214 Å². The third-order valence-electron chi connectivity index (χ3n) is 6.26. The van der Waals surface area contributed by atoms with E-state index in [1.165, 1.54) is 34.9 Å². The van der Waals surface area contributed by atoms with Crippen molar-refractivity contribution in [1.29, 1.82) is 0 Å². The Balaban J connectivity index is 1.34. The number of hydrogen-bond acceptors (Lipinski definition) is 11. The minimum absolute atomic E-state index is 0.135. The van der Waals surface area contributed by atoms with Crippen molar-refractivity contribution >= 4 is 51.7 Å². The first kappa shape index (κ1) is 24.2. The molecule has 2 aliphatic heterocycles. The fraction of sp³-hybridized carbons (Fsp3) is 0.409. The summed E-state index contributed by atoms with van der Waals surface area (Å²) in [6, 6.07) is -0.939. The highest BCUT2D eigenvalue weighted by Gasteiger charge is 2.53. The van der Waals surface area contributed by atoms with Crippen molar-refractivity contribution in [2.45, 2.75) is 43.6 Å². The number of carboxylic acid groups (broad SMARTS) is 1. The zero-order chi connectivity index (χ0) is 25.4. The third kappa shape index (κ3) is 4.41. The number of thiazole rings is 1. The van der Waals surface area contributed by atoms with E-state index in [-0.39, 0.29) is 28.8 Å². The van der Waals surface area contributed by atoms with Gasteiger partial charge in [0.05, 0.1) is 17.9 Å². The van der Waals surface area contributed by atoms with Crippen LogP contribution in [0.15, 0.2) is 34.2 Å². The van der Waals surface area contributed by atoms with Gasteiger partial charge in [-0.3, -0.25) is 14.5 Å². The van der Waals surface area contributed by atoms with E-state index in [9.17, 15) is 19.5 Å². The zero-order valence-corrected chi connectivity index (χ0v) is 20.9. The van der Waals surface area contributed by atoms with E-state index in [1.54, 1.807) is 10.1 Å². The number of amides is 2. The molecule has 0 saturated carbocycles. The van der Waals surface area contributed by atoms with Crippen molar-refractivity contribution in [2.75, 3.05) is 18.6 Å². The van der Waals surface area contributed by atoms with Gasteiger partial charge in [-0.25, -0.2) is 4.98 Å². The van der Waals surface area contributed by atoms with E-state index in [1.807, 2.05) is 12.4 Å². The van der Waals surface area contributed by atoms with Gasteiger partial charge in [0.25, 0.3) is 11.8 Å². The first-order valence-electron chi connectivity index (χ1n) is 11.3. The van der Waals surface area contributed by atoms with Gasteiger partial charge in [0.2, 0.25) is 0 Å². The average molecular weight is 530 g/mol. The lowest BCUT2D eigenvalue weighted by atomic mass is 9.95. The first-order chi connectivity index (χ1) is 17.4. The molecule has 0 bridgehead atoms. The fourth-order valence-corrected chi connectivity index (χ4v) is 6.46. The predicted octanol–water partition coefficient (Wildman–Crippen LogP) is -1.26. The van der Waals surface area contributed by atoms with Crippen LogP contribution in [0.5, 0.6) is 0 Å². The largest absolute Gasteiger partial charge is 0.543 e. The maximum Gasteiger partial charge on any atom is 0.276 e. The minimum atomic E-state index is -1.44. The average Bonchev–Trinajstić information content (AvgIpc) is 3.30. The molecular weight excluding hydrogens is 506 g/mol. The van der Waals surface area contributed by atoms with Crippen LogP contribution in [0.3, 0.4) is 0 Å². The van der Waals surface area contributed by atoms with Gasteiger partial charge in [-0.05, 0) is 36.3 Å². The Hall–Kier alpha value is -3.52. The Kier molecular flexibility index (Phi) is 6.62. The van der Waals surface area contributed by atoms with Crippen LogP contribution in [0.2, 0.25) is 0 Å². The Morgan fingerprint density at radius 3 is 2.83 bits per heavy atom. The molecule has 5 rings (SSSR count). The number of β-lactam (4-membered cyclic amide) rings is 1. The molecule has 0 aromatic carbocycles. The molecule has 188 valence electrons. The highest BCUT2D eigenvalue weighted by Crippen LogP contribution is 2.40. The quantitative estimate of drug-likeness (QED) is 0.193. The van der Waals surface area contributed by atoms with Gasteiger partial charge in [0.15, 0.2) is 23.6 Å². The lowest BCUT2D eigenvalue weighted by molar-refractivity contribution is -0.747. The van der Waals surface area contributed by atoms with Gasteiger partial charge in [-0.2, -0.15) is 0 Å². The number of hydrogen-bond donors (Lipinski definition) is 2. The van der Waals surface area contributed by atoms with Crippen molar-refractivity contribution in [3.8, 4) is 0 Å². The summed E-state index contributed by atoms with van der Waals surface area (Å²) in [6.45, 7) is 0.229. The minimum Gasteiger partial charge on any atom is -0.543 e. The summed E-state index contributed by atoms with van der Waals surface area (Å²) in [4.78, 5) is 47.9. The van der Waals surface area contributed by atoms with Gasteiger partial charge in [0, 0.05) is 22.3 Å². The number of carboxylic acids is 1. The highest BCUT2D eigenvalue weighted by atomic mass is 32.2. The molecule has 1 saturated heterocycles. The summed E-state index contributed by atoms with van der Waals surface area (Å²) >= 11 is 2.50. The summed E-state index contributed by atoms with van der Waals surface area (Å²) < 4.78 is 1.71. The molecule has 1 unspecified atom stereocenters. The Morgan fingerprint density at radius 1 is 1.36 bits per heavy atom. The van der Waals surface area contributed by atoms with E-state index in [0.29, 0.717) is 11.3 Å². The molecule has 3 N–H and O–H groups in total. The van der Waals surface area contributed by atoms with Crippen LogP contribution >= 0.6 is 23.1 Å². The van der Waals surface area contributed by atoms with Crippen LogP contribution in [-0.2, 0) is 38.6 Å². The van der Waals surface area contributed by atoms with Crippen LogP contribution < -0.4 is 20.8 Å². The lowest BCUT2D eigenvalue weighted by Gasteiger charge is -2.50. The van der Waals surface area contributed by atoms with E-state index in [4.69, 9.17) is 10.6 Å². The van der Waals surface area contributed by atoms with Crippen LogP contribution in [0.4, 0.5) is 5.13 Å². The van der Waals surface area contributed by atoms with Crippen molar-refractivity contribution < 1.29 is 29.0 Å². The number of carbonyl (C=O) groups excluding carboxylic acids is 3. The summed E-state index contributed by atoms with van der Waals surface area (Å²) in [6.07, 6.45) is 8.01. The Bertz CT molecular complexity index is 1310. The van der Waals surface area contributed by atoms with Crippen LogP contribution in [-0.4, -0.2) is 62.8 Å². The molecule has 4 heterocycles. The number of nitrogens with two attached hydrogens (primary N) is 1. The second-order valence-electron chi connectivity index (χ2n) is 8.52. The number of nitrogen functional groups attached to an aromatic ring is 1. The molecule has 36 heavy (non-hydrogen) atoms. The molecular formula is C22H23N7O5S2. The predicted molar refractivity (Wildman–Crippen MR) is 128 cm³/mol. The number of thioether (sulfide) groups is 1. The van der Waals surface area contributed by atoms with Crippen molar-refractivity contribution in [1.82, 2.24) is 20.3 Å². The molecule has 2 atom stereocenters. The van der Waals surface area contributed by atoms with Crippen LogP contribution in [0, 0.1) is 0 Å². The number of carbonyl (C=O) groups is 3. The first-order valence-corrected chi connectivity index (χ1v) is 13.2. The van der Waals surface area contributed by atoms with Crippen molar-refractivity contribution in [3.05, 3.63) is 45.9 Å². The number of nitrogens with zero attached hydrogens (tertiary/aromatic N) is 5. The van der Waals surface area contributed by atoms with E-state index < -0.39 is 29.2 Å². The number of aryl methyl sites for hydroxylation is 2. The maximum absolute atomic E-state index is 13.0. The van der Waals surface area contributed by atoms with Crippen LogP contribution in [0.1, 0.15) is 29.7 Å². The molecule has 2 amide bonds. The third-order valence-corrected chi connectivity index (χ3v) is 8.28. The molecule has 1 fully saturated rings. The number of rotatable bonds is 7. The monoisotopic (exact) mass is 529 g/mol. The van der Waals surface area contributed by atoms with Crippen molar-refractivity contribution in [2.24, 2.45) is 5.16 Å². The standard InChI is InChI=1S/C22H23N7O5S2/c1-34-27-15(14-10-36-22(23)25-14)18(30)26-16-19(31)29-17(21(32)33)13(9-35-20(16)29)8-28-7-12-5-3-2-4-11(12)6-24-28/h6-7,10,16,20H,2-5,8-9H2,1H3,(H3-,23,25,26,30,32,33)/t16?,20-/m1/s1. The molecule has 2 aromatic heterocycles. The SMILES string of the molecule is CON=C(C(=O)NC1C(=O)N2C(C(=O)[O-])=C(C[n+]3cc4c(cn3)CCCC4)CS[C@H]12)c1csc(N)n1. The second kappa shape index (κ2) is 9.85. The number of fused-ring (bicyclic) bond motifs is 2. The smallest absolute Gasteiger partial charge is 0.276 e. The summed E-state index contributed by atoms with van der Waals surface area (Å²) in [5.41, 5.74) is 8.52. The topological polar surface area (TPSA) is 167 Å². The molecule has 0 spiro atoms. The van der Waals surface area contributed by atoms with Gasteiger partial charge >= 0.3 is 0 Å². The van der Waals surface area contributed by atoms with Gasteiger partial charge in [-0.15, -0.1) is 23.1 Å². The molecule has 1 aliphatic carbocycles. The van der Waals surface area contributed by atoms with E-state index in [0.717, 1.165) is 37.0 Å². The summed E-state index contributed by atoms with van der Waals surface area (Å²) in [5, 5.41) is 24.1. The molecule has 12 nitrogen and oxygen atoms in total. The lowest BCUT2D eigenvalue weighted by Crippen LogP contribution is -2.71. The normalized spacial score (nSPS) is 21.4. The number of oxime groups is 1. The number of aliphatic carboxylic acids is 1. The molecule has 0 radical (unpaired) electrons. The number of anilines is 1. The zero-order valence-electron chi connectivity index (χ0n) is 19.3.